The van der Waals surface area contributed by atoms with Crippen LogP contribution in [0.25, 0.3) is 15.9 Å². The minimum atomic E-state index is -0.196. The molecule has 1 amide bonds. The Hall–Kier alpha value is -3.45. The van der Waals surface area contributed by atoms with E-state index in [4.69, 9.17) is 9.47 Å². The molecule has 154 valence electrons. The maximum absolute atomic E-state index is 12.8. The number of carbonyl (C=O) groups excluding carboxylic acids is 1. The summed E-state index contributed by atoms with van der Waals surface area (Å²) < 4.78 is 10.6. The maximum Gasteiger partial charge on any atom is 0.255 e. The zero-order valence-corrected chi connectivity index (χ0v) is 17.5. The van der Waals surface area contributed by atoms with Gasteiger partial charge in [0, 0.05) is 31.4 Å². The summed E-state index contributed by atoms with van der Waals surface area (Å²) in [6.07, 6.45) is 16.1. The van der Waals surface area contributed by atoms with E-state index in [1.165, 1.54) is 0 Å². The van der Waals surface area contributed by atoms with Crippen LogP contribution in [0.3, 0.4) is 0 Å². The first-order valence-electron chi connectivity index (χ1n) is 9.47. The molecule has 0 radical (unpaired) electrons. The third-order valence-electron chi connectivity index (χ3n) is 4.70. The van der Waals surface area contributed by atoms with Crippen molar-refractivity contribution in [2.45, 2.75) is 12.8 Å². The van der Waals surface area contributed by atoms with Gasteiger partial charge in [-0.25, -0.2) is 9.97 Å². The molecule has 30 heavy (non-hydrogen) atoms. The first-order chi connectivity index (χ1) is 14.7. The third-order valence-corrected chi connectivity index (χ3v) is 5.75. The lowest BCUT2D eigenvalue weighted by molar-refractivity contribution is -0.116. The fraction of sp³-hybridized carbons (Fsp3) is 0.174. The molecule has 0 saturated carbocycles. The van der Waals surface area contributed by atoms with E-state index in [2.05, 4.69) is 15.3 Å². The third kappa shape index (κ3) is 4.41. The Morgan fingerprint density at radius 1 is 1.20 bits per heavy atom. The molecular weight excluding hydrogens is 398 g/mol. The number of ether oxygens (including phenoxy) is 2. The molecule has 0 aliphatic heterocycles. The van der Waals surface area contributed by atoms with Crippen molar-refractivity contribution in [1.29, 1.82) is 0 Å². The number of hydrogen-bond acceptors (Lipinski definition) is 6. The molecule has 7 heteroatoms. The molecule has 0 spiro atoms. The highest BCUT2D eigenvalue weighted by molar-refractivity contribution is 7.19. The number of pyridine rings is 1. The highest BCUT2D eigenvalue weighted by atomic mass is 32.1. The van der Waals surface area contributed by atoms with Crippen LogP contribution < -0.4 is 5.32 Å². The topological polar surface area (TPSA) is 73.3 Å². The normalized spacial score (nSPS) is 16.4. The summed E-state index contributed by atoms with van der Waals surface area (Å²) in [4.78, 5) is 22.8. The summed E-state index contributed by atoms with van der Waals surface area (Å²) >= 11 is 1.57. The summed E-state index contributed by atoms with van der Waals surface area (Å²) in [5.41, 5.74) is 3.25. The number of nitrogens with one attached hydrogen (secondary N) is 1. The van der Waals surface area contributed by atoms with Gasteiger partial charge in [-0.1, -0.05) is 35.6 Å². The monoisotopic (exact) mass is 421 g/mol. The Bertz CT molecular complexity index is 1140. The highest BCUT2D eigenvalue weighted by Crippen LogP contribution is 2.29. The number of aromatic nitrogens is 2. The SMILES string of the molecule is COC1=CC(C(=O)NC2=CCC(c3nc4cccnc4s3)=CC=C2)=CCC(OC)=C1.[HH]. The van der Waals surface area contributed by atoms with E-state index in [-0.39, 0.29) is 7.33 Å². The van der Waals surface area contributed by atoms with E-state index in [9.17, 15) is 4.79 Å². The summed E-state index contributed by atoms with van der Waals surface area (Å²) in [5.74, 6) is 1.11. The van der Waals surface area contributed by atoms with Gasteiger partial charge in [0.25, 0.3) is 5.91 Å². The molecule has 2 aromatic rings. The maximum atomic E-state index is 12.8. The second kappa shape index (κ2) is 8.92. The second-order valence-electron chi connectivity index (χ2n) is 6.64. The number of allylic oxidation sites excluding steroid dienone is 7. The molecule has 2 aromatic heterocycles. The van der Waals surface area contributed by atoms with Gasteiger partial charge in [0.2, 0.25) is 0 Å². The van der Waals surface area contributed by atoms with Crippen LogP contribution in [0.4, 0.5) is 0 Å². The van der Waals surface area contributed by atoms with Crippen molar-refractivity contribution < 1.29 is 15.7 Å². The Morgan fingerprint density at radius 3 is 2.90 bits per heavy atom. The molecule has 0 unspecified atom stereocenters. The van der Waals surface area contributed by atoms with Gasteiger partial charge in [-0.05, 0) is 36.3 Å². The number of nitrogens with zero attached hydrogens (tertiary/aromatic N) is 2. The Kier molecular flexibility index (Phi) is 5.90. The van der Waals surface area contributed by atoms with Crippen LogP contribution in [-0.2, 0) is 14.3 Å². The molecule has 2 heterocycles. The van der Waals surface area contributed by atoms with Crippen LogP contribution in [0.1, 0.15) is 19.3 Å². The van der Waals surface area contributed by atoms with Crippen LogP contribution >= 0.6 is 11.3 Å². The Labute approximate surface area is 180 Å². The van der Waals surface area contributed by atoms with Crippen molar-refractivity contribution >= 4 is 33.2 Å². The van der Waals surface area contributed by atoms with Crippen LogP contribution in [0, 0.1) is 0 Å². The van der Waals surface area contributed by atoms with Crippen LogP contribution in [0.5, 0.6) is 0 Å². The van der Waals surface area contributed by atoms with Crippen LogP contribution in [0.15, 0.2) is 83.7 Å². The zero-order chi connectivity index (χ0) is 20.9. The molecule has 0 bridgehead atoms. The number of amides is 1. The molecule has 0 aromatic carbocycles. The second-order valence-corrected chi connectivity index (χ2v) is 7.62. The summed E-state index contributed by atoms with van der Waals surface area (Å²) in [6, 6.07) is 3.85. The smallest absolute Gasteiger partial charge is 0.255 e. The number of thiazole rings is 1. The lowest BCUT2D eigenvalue weighted by Crippen LogP contribution is -2.23. The number of fused-ring (bicyclic) bond motifs is 1. The molecule has 6 nitrogen and oxygen atoms in total. The summed E-state index contributed by atoms with van der Waals surface area (Å²) in [6.45, 7) is 0. The molecule has 0 fully saturated rings. The van der Waals surface area contributed by atoms with Gasteiger partial charge in [-0.15, -0.1) is 0 Å². The fourth-order valence-corrected chi connectivity index (χ4v) is 4.03. The molecule has 0 saturated heterocycles. The van der Waals surface area contributed by atoms with Gasteiger partial charge < -0.3 is 14.8 Å². The predicted molar refractivity (Wildman–Crippen MR) is 120 cm³/mol. The Balaban J connectivity index is 0.00000272. The van der Waals surface area contributed by atoms with Crippen molar-refractivity contribution in [2.24, 2.45) is 0 Å². The zero-order valence-electron chi connectivity index (χ0n) is 16.7. The van der Waals surface area contributed by atoms with Crippen molar-refractivity contribution in [3.8, 4) is 0 Å². The van der Waals surface area contributed by atoms with Crippen LogP contribution in [0.2, 0.25) is 0 Å². The van der Waals surface area contributed by atoms with Crippen molar-refractivity contribution in [1.82, 2.24) is 15.3 Å². The van der Waals surface area contributed by atoms with E-state index in [0.717, 1.165) is 32.4 Å². The van der Waals surface area contributed by atoms with Gasteiger partial charge in [-0.2, -0.15) is 0 Å². The standard InChI is InChI=1S/C23H21N3O3S.H2/c1-28-18-11-9-16(13-19(14-18)29-2)21(27)25-17-6-3-5-15(8-10-17)22-26-20-7-4-12-24-23(20)30-22;/h3-7,9-10,12-14H,8,11H2,1-2H3,(H,25,27);1H. The van der Waals surface area contributed by atoms with Crippen molar-refractivity contribution in [2.75, 3.05) is 14.2 Å². The molecule has 4 rings (SSSR count). The number of hydrogen-bond donors (Lipinski definition) is 1. The molecule has 0 atom stereocenters. The lowest BCUT2D eigenvalue weighted by Gasteiger charge is -2.07. The van der Waals surface area contributed by atoms with E-state index in [1.54, 1.807) is 43.9 Å². The van der Waals surface area contributed by atoms with E-state index < -0.39 is 0 Å². The quantitative estimate of drug-likeness (QED) is 0.759. The van der Waals surface area contributed by atoms with Gasteiger partial charge in [0.1, 0.15) is 26.9 Å². The van der Waals surface area contributed by atoms with Gasteiger partial charge in [0.05, 0.1) is 14.2 Å². The average molecular weight is 422 g/mol. The minimum Gasteiger partial charge on any atom is -0.501 e. The first kappa shape index (κ1) is 19.8. The predicted octanol–water partition coefficient (Wildman–Crippen LogP) is 4.67. The van der Waals surface area contributed by atoms with Crippen molar-refractivity contribution in [3.63, 3.8) is 0 Å². The van der Waals surface area contributed by atoms with Gasteiger partial charge in [-0.3, -0.25) is 4.79 Å². The highest BCUT2D eigenvalue weighted by Gasteiger charge is 2.15. The average Bonchev–Trinajstić information content (AvgIpc) is 2.92. The minimum absolute atomic E-state index is 0. The lowest BCUT2D eigenvalue weighted by atomic mass is 10.1. The van der Waals surface area contributed by atoms with Crippen LogP contribution in [-0.4, -0.2) is 30.1 Å². The van der Waals surface area contributed by atoms with E-state index in [1.807, 2.05) is 42.5 Å². The molecular formula is C23H23N3O3S. The number of rotatable bonds is 5. The molecule has 2 aliphatic rings. The van der Waals surface area contributed by atoms with Gasteiger partial charge >= 0.3 is 0 Å². The number of carbonyl (C=O) groups is 1. The van der Waals surface area contributed by atoms with E-state index >= 15 is 0 Å². The summed E-state index contributed by atoms with van der Waals surface area (Å²) in [7, 11) is 3.17. The molecule has 2 aliphatic carbocycles. The van der Waals surface area contributed by atoms with Gasteiger partial charge in [0.15, 0.2) is 0 Å². The first-order valence-corrected chi connectivity index (χ1v) is 10.3. The fourth-order valence-electron chi connectivity index (χ4n) is 3.09. The van der Waals surface area contributed by atoms with Crippen molar-refractivity contribution in [3.05, 3.63) is 88.7 Å². The van der Waals surface area contributed by atoms with E-state index in [0.29, 0.717) is 24.2 Å². The largest absolute Gasteiger partial charge is 0.501 e. The summed E-state index contributed by atoms with van der Waals surface area (Å²) in [5, 5.41) is 3.91. The molecule has 1 N–H and O–H groups in total. The number of methoxy groups -OCH3 is 2. The Morgan fingerprint density at radius 2 is 2.10 bits per heavy atom.